The number of nitrogens with two attached hydrogens (primary N) is 1. The Kier molecular flexibility index (Phi) is 11.7. The maximum Gasteiger partial charge on any atom is 0.325 e. The lowest BCUT2D eigenvalue weighted by Gasteiger charge is -2.34. The van der Waals surface area contributed by atoms with Crippen LogP contribution in [0.4, 0.5) is 4.79 Å². The number of urea groups is 1. The molecule has 0 aromatic heterocycles. The second-order valence-electron chi connectivity index (χ2n) is 10.2. The van der Waals surface area contributed by atoms with Gasteiger partial charge in [0.2, 0.25) is 17.6 Å². The molecule has 0 bridgehead atoms. The number of unbranched alkanes of at least 4 members (excludes halogenated alkanes) is 2. The number of hydrogen-bond acceptors (Lipinski definition) is 6. The van der Waals surface area contributed by atoms with Gasteiger partial charge in [-0.15, -0.1) is 0 Å². The van der Waals surface area contributed by atoms with E-state index in [1.807, 2.05) is 6.07 Å². The van der Waals surface area contributed by atoms with E-state index in [4.69, 9.17) is 19.9 Å². The second kappa shape index (κ2) is 15.1. The van der Waals surface area contributed by atoms with Crippen LogP contribution in [0, 0.1) is 5.92 Å². The van der Waals surface area contributed by atoms with Crippen LogP contribution in [-0.4, -0.2) is 50.6 Å². The van der Waals surface area contributed by atoms with Gasteiger partial charge < -0.3 is 25.3 Å². The van der Waals surface area contributed by atoms with Crippen LogP contribution in [0.5, 0.6) is 17.2 Å². The van der Waals surface area contributed by atoms with Crippen LogP contribution in [-0.2, 0) is 9.59 Å². The van der Waals surface area contributed by atoms with Crippen molar-refractivity contribution < 1.29 is 28.6 Å². The summed E-state index contributed by atoms with van der Waals surface area (Å²) < 4.78 is 16.7. The Morgan fingerprint density at radius 1 is 0.925 bits per heavy atom. The van der Waals surface area contributed by atoms with Crippen molar-refractivity contribution in [3.05, 3.63) is 53.6 Å². The van der Waals surface area contributed by atoms with Crippen molar-refractivity contribution >= 4 is 17.8 Å². The normalized spacial score (nSPS) is 15.0. The molecule has 0 spiro atoms. The predicted molar refractivity (Wildman–Crippen MR) is 154 cm³/mol. The molecule has 3 N–H and O–H groups in total. The highest BCUT2D eigenvalue weighted by atomic mass is 16.5. The standard InChI is InChI=1S/C31H43N3O6/c1-5-6-13-18-34(31(37)33-27(29(32)35)22-16-11-8-12-17-22)30(36)26(21-14-9-7-10-15-21)23-19-24(38-2)28(40-4)25(20-23)39-3/h8,11-12,16-17,19-21,26-27H,5-7,9-10,13-15,18H2,1-4H3,(H2,32,35)(H,33,37)/t26?,27-/m0/s1. The summed E-state index contributed by atoms with van der Waals surface area (Å²) in [6.07, 6.45) is 7.30. The number of ether oxygens (including phenoxy) is 3. The van der Waals surface area contributed by atoms with E-state index < -0.39 is 23.9 Å². The van der Waals surface area contributed by atoms with Gasteiger partial charge in [-0.3, -0.25) is 14.5 Å². The molecule has 9 nitrogen and oxygen atoms in total. The molecule has 2 aromatic carbocycles. The van der Waals surface area contributed by atoms with Crippen LogP contribution in [0.1, 0.15) is 81.4 Å². The number of nitrogens with zero attached hydrogens (tertiary/aromatic N) is 1. The van der Waals surface area contributed by atoms with Crippen LogP contribution >= 0.6 is 0 Å². The average Bonchev–Trinajstić information content (AvgIpc) is 2.98. The second-order valence-corrected chi connectivity index (χ2v) is 10.2. The molecule has 1 fully saturated rings. The topological polar surface area (TPSA) is 120 Å². The minimum absolute atomic E-state index is 0.0339. The Balaban J connectivity index is 2.04. The summed E-state index contributed by atoms with van der Waals surface area (Å²) in [5.41, 5.74) is 6.93. The monoisotopic (exact) mass is 553 g/mol. The SMILES string of the molecule is CCCCCN(C(=O)N[C@H](C(N)=O)c1ccccc1)C(=O)C(c1cc(OC)c(OC)c(OC)c1)C1CCCCC1. The molecule has 9 heteroatoms. The zero-order chi connectivity index (χ0) is 29.1. The van der Waals surface area contributed by atoms with Crippen molar-refractivity contribution in [1.29, 1.82) is 0 Å². The molecule has 0 saturated heterocycles. The highest BCUT2D eigenvalue weighted by molar-refractivity contribution is 5.99. The molecular formula is C31H43N3O6. The Morgan fingerprint density at radius 2 is 1.55 bits per heavy atom. The first-order valence-electron chi connectivity index (χ1n) is 14.1. The maximum atomic E-state index is 14.5. The van der Waals surface area contributed by atoms with Crippen LogP contribution < -0.4 is 25.3 Å². The Bertz CT molecular complexity index is 1110. The van der Waals surface area contributed by atoms with Gasteiger partial charge in [0.15, 0.2) is 11.5 Å². The molecule has 1 saturated carbocycles. The fourth-order valence-electron chi connectivity index (χ4n) is 5.53. The van der Waals surface area contributed by atoms with Gasteiger partial charge in [-0.2, -0.15) is 0 Å². The molecule has 1 aliphatic rings. The van der Waals surface area contributed by atoms with Gasteiger partial charge >= 0.3 is 6.03 Å². The summed E-state index contributed by atoms with van der Waals surface area (Å²) in [7, 11) is 4.61. The van der Waals surface area contributed by atoms with Gasteiger partial charge in [0.25, 0.3) is 0 Å². The first-order chi connectivity index (χ1) is 19.4. The van der Waals surface area contributed by atoms with E-state index in [1.54, 1.807) is 36.4 Å². The summed E-state index contributed by atoms with van der Waals surface area (Å²) >= 11 is 0. The molecule has 0 radical (unpaired) electrons. The molecule has 4 amide bonds. The van der Waals surface area contributed by atoms with Crippen molar-refractivity contribution in [2.45, 2.75) is 70.3 Å². The van der Waals surface area contributed by atoms with E-state index in [0.29, 0.717) is 34.8 Å². The number of carbonyl (C=O) groups is 3. The zero-order valence-corrected chi connectivity index (χ0v) is 24.1. The third-order valence-corrected chi connectivity index (χ3v) is 7.62. The van der Waals surface area contributed by atoms with E-state index >= 15 is 0 Å². The van der Waals surface area contributed by atoms with Gasteiger partial charge in [0.05, 0.1) is 27.2 Å². The Morgan fingerprint density at radius 3 is 2.08 bits per heavy atom. The number of amides is 4. The molecule has 218 valence electrons. The molecule has 0 aliphatic heterocycles. The fraction of sp³-hybridized carbons (Fsp3) is 0.516. The molecule has 2 aromatic rings. The summed E-state index contributed by atoms with van der Waals surface area (Å²) in [6, 6.07) is 10.7. The lowest BCUT2D eigenvalue weighted by molar-refractivity contribution is -0.132. The molecule has 1 aliphatic carbocycles. The number of methoxy groups -OCH3 is 3. The van der Waals surface area contributed by atoms with E-state index in [0.717, 1.165) is 44.9 Å². The third kappa shape index (κ3) is 7.46. The predicted octanol–water partition coefficient (Wildman–Crippen LogP) is 5.33. The molecule has 2 atom stereocenters. The summed E-state index contributed by atoms with van der Waals surface area (Å²) in [5.74, 6) is -0.249. The van der Waals surface area contributed by atoms with Gasteiger partial charge in [0, 0.05) is 6.54 Å². The number of hydrogen-bond donors (Lipinski definition) is 2. The first kappa shape index (κ1) is 30.8. The van der Waals surface area contributed by atoms with Crippen LogP contribution in [0.15, 0.2) is 42.5 Å². The molecule has 1 unspecified atom stereocenters. The number of rotatable bonds is 13. The lowest BCUT2D eigenvalue weighted by Crippen LogP contribution is -2.50. The summed E-state index contributed by atoms with van der Waals surface area (Å²) in [6.45, 7) is 2.29. The Hall–Kier alpha value is -3.75. The lowest BCUT2D eigenvalue weighted by atomic mass is 9.76. The highest BCUT2D eigenvalue weighted by Crippen LogP contribution is 2.44. The molecule has 3 rings (SSSR count). The van der Waals surface area contributed by atoms with Crippen molar-refractivity contribution in [2.75, 3.05) is 27.9 Å². The van der Waals surface area contributed by atoms with Gasteiger partial charge in [-0.25, -0.2) is 4.79 Å². The average molecular weight is 554 g/mol. The smallest absolute Gasteiger partial charge is 0.325 e. The summed E-state index contributed by atoms with van der Waals surface area (Å²) in [4.78, 5) is 41.8. The number of carbonyl (C=O) groups excluding carboxylic acids is 3. The maximum absolute atomic E-state index is 14.5. The largest absolute Gasteiger partial charge is 0.493 e. The fourth-order valence-corrected chi connectivity index (χ4v) is 5.53. The molecular weight excluding hydrogens is 510 g/mol. The van der Waals surface area contributed by atoms with Crippen molar-refractivity contribution in [3.63, 3.8) is 0 Å². The Labute approximate surface area is 237 Å². The highest BCUT2D eigenvalue weighted by Gasteiger charge is 2.38. The van der Waals surface area contributed by atoms with Gasteiger partial charge in [0.1, 0.15) is 6.04 Å². The van der Waals surface area contributed by atoms with Crippen LogP contribution in [0.3, 0.4) is 0 Å². The van der Waals surface area contributed by atoms with Crippen molar-refractivity contribution in [1.82, 2.24) is 10.2 Å². The van der Waals surface area contributed by atoms with E-state index in [-0.39, 0.29) is 18.4 Å². The van der Waals surface area contributed by atoms with Crippen molar-refractivity contribution in [2.24, 2.45) is 11.7 Å². The number of primary amides is 1. The minimum atomic E-state index is -1.07. The van der Waals surface area contributed by atoms with Gasteiger partial charge in [-0.05, 0) is 48.4 Å². The quantitative estimate of drug-likeness (QED) is 0.324. The summed E-state index contributed by atoms with van der Waals surface area (Å²) in [5, 5.41) is 2.74. The number of imide groups is 1. The van der Waals surface area contributed by atoms with Gasteiger partial charge in [-0.1, -0.05) is 69.4 Å². The number of benzene rings is 2. The van der Waals surface area contributed by atoms with Crippen molar-refractivity contribution in [3.8, 4) is 17.2 Å². The van der Waals surface area contributed by atoms with Crippen LogP contribution in [0.2, 0.25) is 0 Å². The zero-order valence-electron chi connectivity index (χ0n) is 24.1. The van der Waals surface area contributed by atoms with E-state index in [9.17, 15) is 14.4 Å². The molecule has 40 heavy (non-hydrogen) atoms. The first-order valence-corrected chi connectivity index (χ1v) is 14.1. The minimum Gasteiger partial charge on any atom is -0.493 e. The van der Waals surface area contributed by atoms with E-state index in [1.165, 1.54) is 26.2 Å². The van der Waals surface area contributed by atoms with Crippen LogP contribution in [0.25, 0.3) is 0 Å². The van der Waals surface area contributed by atoms with E-state index in [2.05, 4.69) is 12.2 Å². The third-order valence-electron chi connectivity index (χ3n) is 7.62. The number of nitrogens with one attached hydrogen (secondary N) is 1. The molecule has 0 heterocycles.